The summed E-state index contributed by atoms with van der Waals surface area (Å²) in [6.07, 6.45) is 1.34. The van der Waals surface area contributed by atoms with Crippen LogP contribution in [0.3, 0.4) is 0 Å². The van der Waals surface area contributed by atoms with Crippen LogP contribution in [0.5, 0.6) is 10.9 Å². The second kappa shape index (κ2) is 6.15. The zero-order chi connectivity index (χ0) is 13.5. The Bertz CT molecular complexity index is 650. The van der Waals surface area contributed by atoms with Gasteiger partial charge in [0, 0.05) is 18.0 Å². The molecule has 0 bridgehead atoms. The molecule has 0 spiro atoms. The number of anilines is 1. The lowest BCUT2D eigenvalue weighted by atomic mass is 10.3. The Balaban J connectivity index is 2.10. The van der Waals surface area contributed by atoms with Gasteiger partial charge in [-0.25, -0.2) is 0 Å². The SMILES string of the molecule is N#CC(C#N)=CNc1cccc(Oc2nncs2)c1. The van der Waals surface area contributed by atoms with Crippen molar-refractivity contribution in [3.8, 4) is 23.1 Å². The van der Waals surface area contributed by atoms with E-state index in [2.05, 4.69) is 15.5 Å². The van der Waals surface area contributed by atoms with Crippen molar-refractivity contribution >= 4 is 17.0 Å². The smallest absolute Gasteiger partial charge is 0.299 e. The number of ether oxygens (including phenoxy) is 1. The van der Waals surface area contributed by atoms with E-state index in [1.165, 1.54) is 17.5 Å². The van der Waals surface area contributed by atoms with Gasteiger partial charge in [-0.3, -0.25) is 0 Å². The lowest BCUT2D eigenvalue weighted by Crippen LogP contribution is -1.91. The molecule has 2 rings (SSSR count). The van der Waals surface area contributed by atoms with Crippen molar-refractivity contribution in [1.29, 1.82) is 10.5 Å². The third-order valence-electron chi connectivity index (χ3n) is 2.00. The first-order valence-corrected chi connectivity index (χ1v) is 6.01. The first-order valence-electron chi connectivity index (χ1n) is 5.13. The maximum Gasteiger partial charge on any atom is 0.299 e. The van der Waals surface area contributed by atoms with Crippen molar-refractivity contribution in [2.24, 2.45) is 0 Å². The Morgan fingerprint density at radius 3 is 2.89 bits per heavy atom. The lowest BCUT2D eigenvalue weighted by molar-refractivity contribution is 0.473. The van der Waals surface area contributed by atoms with Gasteiger partial charge in [-0.15, -0.1) is 5.10 Å². The highest BCUT2D eigenvalue weighted by Gasteiger charge is 2.01. The summed E-state index contributed by atoms with van der Waals surface area (Å²) in [4.78, 5) is 0. The minimum atomic E-state index is -0.00422. The van der Waals surface area contributed by atoms with Crippen molar-refractivity contribution < 1.29 is 4.74 Å². The largest absolute Gasteiger partial charge is 0.430 e. The van der Waals surface area contributed by atoms with Gasteiger partial charge in [0.15, 0.2) is 0 Å². The van der Waals surface area contributed by atoms with Crippen molar-refractivity contribution in [3.63, 3.8) is 0 Å². The summed E-state index contributed by atoms with van der Waals surface area (Å²) in [6, 6.07) is 10.6. The van der Waals surface area contributed by atoms with Gasteiger partial charge in [0.05, 0.1) is 0 Å². The highest BCUT2D eigenvalue weighted by atomic mass is 32.1. The van der Waals surface area contributed by atoms with E-state index in [0.29, 0.717) is 16.6 Å². The predicted molar refractivity (Wildman–Crippen MR) is 69.4 cm³/mol. The van der Waals surface area contributed by atoms with E-state index in [4.69, 9.17) is 15.3 Å². The molecule has 1 N–H and O–H groups in total. The Morgan fingerprint density at radius 2 is 2.21 bits per heavy atom. The zero-order valence-corrected chi connectivity index (χ0v) is 10.4. The van der Waals surface area contributed by atoms with Gasteiger partial charge in [0.2, 0.25) is 0 Å². The molecular formula is C12H7N5OS. The minimum absolute atomic E-state index is 0.00422. The standard InChI is InChI=1S/C12H7N5OS/c13-5-9(6-14)7-15-10-2-1-3-11(4-10)18-12-17-16-8-19-12/h1-4,7-8,15H. The number of benzene rings is 1. The van der Waals surface area contributed by atoms with Gasteiger partial charge in [0.25, 0.3) is 5.19 Å². The molecular weight excluding hydrogens is 262 g/mol. The highest BCUT2D eigenvalue weighted by molar-refractivity contribution is 7.11. The number of nitriles is 2. The minimum Gasteiger partial charge on any atom is -0.430 e. The predicted octanol–water partition coefficient (Wildman–Crippen LogP) is 2.67. The molecule has 1 heterocycles. The fraction of sp³-hybridized carbons (Fsp3) is 0. The maximum absolute atomic E-state index is 8.61. The molecule has 0 unspecified atom stereocenters. The van der Waals surface area contributed by atoms with Crippen LogP contribution in [-0.4, -0.2) is 10.2 Å². The summed E-state index contributed by atoms with van der Waals surface area (Å²) in [6.45, 7) is 0. The summed E-state index contributed by atoms with van der Waals surface area (Å²) < 4.78 is 5.47. The molecule has 7 heteroatoms. The van der Waals surface area contributed by atoms with Crippen LogP contribution < -0.4 is 10.1 Å². The Labute approximate surface area is 113 Å². The summed E-state index contributed by atoms with van der Waals surface area (Å²) in [7, 11) is 0. The molecule has 0 aliphatic rings. The molecule has 1 aromatic carbocycles. The van der Waals surface area contributed by atoms with Crippen LogP contribution in [0.4, 0.5) is 5.69 Å². The number of allylic oxidation sites excluding steroid dienone is 1. The van der Waals surface area contributed by atoms with Gasteiger partial charge in [-0.05, 0) is 12.1 Å². The molecule has 92 valence electrons. The van der Waals surface area contributed by atoms with Gasteiger partial charge in [0.1, 0.15) is 29.0 Å². The average molecular weight is 269 g/mol. The van der Waals surface area contributed by atoms with E-state index in [-0.39, 0.29) is 5.57 Å². The molecule has 1 aromatic heterocycles. The van der Waals surface area contributed by atoms with E-state index in [1.807, 2.05) is 0 Å². The second-order valence-electron chi connectivity index (χ2n) is 3.26. The van der Waals surface area contributed by atoms with Crippen LogP contribution in [0.15, 0.2) is 41.5 Å². The Morgan fingerprint density at radius 1 is 1.37 bits per heavy atom. The Kier molecular flexibility index (Phi) is 4.06. The van der Waals surface area contributed by atoms with Gasteiger partial charge in [-0.1, -0.05) is 22.5 Å². The van der Waals surface area contributed by atoms with Crippen molar-refractivity contribution in [3.05, 3.63) is 41.5 Å². The Hall–Kier alpha value is -2.90. The van der Waals surface area contributed by atoms with Crippen LogP contribution in [0.2, 0.25) is 0 Å². The summed E-state index contributed by atoms with van der Waals surface area (Å²) in [5.41, 5.74) is 2.27. The summed E-state index contributed by atoms with van der Waals surface area (Å²) in [5, 5.41) is 28.0. The maximum atomic E-state index is 8.61. The first kappa shape index (κ1) is 12.6. The lowest BCUT2D eigenvalue weighted by Gasteiger charge is -2.04. The molecule has 0 fully saturated rings. The van der Waals surface area contributed by atoms with Crippen LogP contribution in [0, 0.1) is 22.7 Å². The zero-order valence-electron chi connectivity index (χ0n) is 9.57. The second-order valence-corrected chi connectivity index (χ2v) is 4.06. The van der Waals surface area contributed by atoms with Crippen LogP contribution in [0.1, 0.15) is 0 Å². The normalized spacial score (nSPS) is 8.95. The molecule has 0 saturated heterocycles. The van der Waals surface area contributed by atoms with Gasteiger partial charge in [-0.2, -0.15) is 10.5 Å². The molecule has 19 heavy (non-hydrogen) atoms. The molecule has 0 radical (unpaired) electrons. The molecule has 0 aliphatic heterocycles. The summed E-state index contributed by atoms with van der Waals surface area (Å²) >= 11 is 1.29. The van der Waals surface area contributed by atoms with E-state index < -0.39 is 0 Å². The molecule has 6 nitrogen and oxygen atoms in total. The van der Waals surface area contributed by atoms with Gasteiger partial charge < -0.3 is 10.1 Å². The van der Waals surface area contributed by atoms with Crippen LogP contribution >= 0.6 is 11.3 Å². The fourth-order valence-corrected chi connectivity index (χ4v) is 1.63. The third kappa shape index (κ3) is 3.53. The topological polar surface area (TPSA) is 94.6 Å². The number of rotatable bonds is 4. The molecule has 0 saturated carbocycles. The number of nitrogens with zero attached hydrogens (tertiary/aromatic N) is 4. The van der Waals surface area contributed by atoms with E-state index in [0.717, 1.165) is 0 Å². The monoisotopic (exact) mass is 269 g/mol. The van der Waals surface area contributed by atoms with Crippen LogP contribution in [-0.2, 0) is 0 Å². The fourth-order valence-electron chi connectivity index (χ4n) is 1.20. The molecule has 0 amide bonds. The summed E-state index contributed by atoms with van der Waals surface area (Å²) in [5.74, 6) is 0.589. The number of hydrogen-bond donors (Lipinski definition) is 1. The van der Waals surface area contributed by atoms with Crippen LogP contribution in [0.25, 0.3) is 0 Å². The molecule has 2 aromatic rings. The highest BCUT2D eigenvalue weighted by Crippen LogP contribution is 2.24. The first-order chi connectivity index (χ1) is 9.31. The number of hydrogen-bond acceptors (Lipinski definition) is 7. The van der Waals surface area contributed by atoms with Crippen molar-refractivity contribution in [2.75, 3.05) is 5.32 Å². The number of nitrogens with one attached hydrogen (secondary N) is 1. The quantitative estimate of drug-likeness (QED) is 0.857. The average Bonchev–Trinajstić information content (AvgIpc) is 2.93. The van der Waals surface area contributed by atoms with E-state index in [1.54, 1.807) is 41.9 Å². The van der Waals surface area contributed by atoms with E-state index >= 15 is 0 Å². The van der Waals surface area contributed by atoms with Crippen molar-refractivity contribution in [1.82, 2.24) is 10.2 Å². The third-order valence-corrected chi connectivity index (χ3v) is 2.57. The van der Waals surface area contributed by atoms with Gasteiger partial charge >= 0.3 is 0 Å². The van der Waals surface area contributed by atoms with E-state index in [9.17, 15) is 0 Å². The number of aromatic nitrogens is 2. The molecule has 0 aliphatic carbocycles. The van der Waals surface area contributed by atoms with Crippen molar-refractivity contribution in [2.45, 2.75) is 0 Å². The molecule has 0 atom stereocenters.